The molecule has 1 N–H and O–H groups in total. The lowest BCUT2D eigenvalue weighted by molar-refractivity contribution is -0.140. The molecule has 4 rings (SSSR count). The predicted octanol–water partition coefficient (Wildman–Crippen LogP) is 4.08. The molecular formula is C28H33N3O5S. The molecule has 0 saturated carbocycles. The van der Waals surface area contributed by atoms with E-state index < -0.39 is 16.1 Å². The van der Waals surface area contributed by atoms with Crippen LogP contribution < -0.4 is 14.4 Å². The zero-order valence-corrected chi connectivity index (χ0v) is 22.3. The number of carbonyl (C=O) groups is 2. The number of methoxy groups -OCH3 is 1. The fourth-order valence-electron chi connectivity index (χ4n) is 4.66. The molecule has 0 aliphatic carbocycles. The van der Waals surface area contributed by atoms with Crippen LogP contribution >= 0.6 is 0 Å². The number of hydrogen-bond donors (Lipinski definition) is 1. The Morgan fingerprint density at radius 3 is 2.54 bits per heavy atom. The second-order valence-electron chi connectivity index (χ2n) is 9.15. The van der Waals surface area contributed by atoms with Gasteiger partial charge in [-0.25, -0.2) is 8.42 Å². The van der Waals surface area contributed by atoms with E-state index in [1.807, 2.05) is 49.4 Å². The average molecular weight is 524 g/mol. The molecule has 0 spiro atoms. The van der Waals surface area contributed by atoms with E-state index in [0.717, 1.165) is 22.8 Å². The van der Waals surface area contributed by atoms with Gasteiger partial charge >= 0.3 is 0 Å². The van der Waals surface area contributed by atoms with Crippen LogP contribution in [0, 0.1) is 0 Å². The number of sulfonamides is 1. The smallest absolute Gasteiger partial charge is 0.265 e. The van der Waals surface area contributed by atoms with E-state index in [-0.39, 0.29) is 31.3 Å². The van der Waals surface area contributed by atoms with Crippen molar-refractivity contribution in [3.63, 3.8) is 0 Å². The van der Waals surface area contributed by atoms with Crippen LogP contribution in [0.3, 0.4) is 0 Å². The minimum atomic E-state index is -3.68. The van der Waals surface area contributed by atoms with Gasteiger partial charge in [-0.2, -0.15) is 0 Å². The molecule has 3 aromatic rings. The van der Waals surface area contributed by atoms with Gasteiger partial charge in [-0.1, -0.05) is 43.3 Å². The van der Waals surface area contributed by atoms with Crippen molar-refractivity contribution in [3.8, 4) is 5.75 Å². The van der Waals surface area contributed by atoms with Gasteiger partial charge < -0.3 is 15.0 Å². The number of amides is 2. The first kappa shape index (κ1) is 26.5. The van der Waals surface area contributed by atoms with Crippen LogP contribution in [0.1, 0.15) is 38.7 Å². The highest BCUT2D eigenvalue weighted by Crippen LogP contribution is 2.42. The minimum Gasteiger partial charge on any atom is -0.497 e. The molecule has 1 atom stereocenters. The third kappa shape index (κ3) is 5.41. The van der Waals surface area contributed by atoms with Crippen LogP contribution in [-0.2, 0) is 26.2 Å². The van der Waals surface area contributed by atoms with Gasteiger partial charge in [0, 0.05) is 31.4 Å². The zero-order valence-electron chi connectivity index (χ0n) is 21.4. The molecule has 37 heavy (non-hydrogen) atoms. The molecule has 8 nitrogen and oxygen atoms in total. The minimum absolute atomic E-state index is 0.105. The maximum absolute atomic E-state index is 13.4. The van der Waals surface area contributed by atoms with Crippen molar-refractivity contribution in [1.82, 2.24) is 10.2 Å². The topological polar surface area (TPSA) is 96.0 Å². The van der Waals surface area contributed by atoms with Crippen molar-refractivity contribution in [2.24, 2.45) is 0 Å². The number of ether oxygens (including phenoxy) is 1. The molecule has 9 heteroatoms. The summed E-state index contributed by atoms with van der Waals surface area (Å²) in [5, 5.41) is 4.45. The number of nitrogens with one attached hydrogen (secondary N) is 1. The van der Waals surface area contributed by atoms with Crippen LogP contribution in [-0.4, -0.2) is 51.4 Å². The molecule has 0 saturated heterocycles. The van der Waals surface area contributed by atoms with Crippen molar-refractivity contribution >= 4 is 38.3 Å². The largest absolute Gasteiger partial charge is 0.497 e. The predicted molar refractivity (Wildman–Crippen MR) is 144 cm³/mol. The maximum atomic E-state index is 13.4. The summed E-state index contributed by atoms with van der Waals surface area (Å²) in [4.78, 5) is 28.0. The van der Waals surface area contributed by atoms with Crippen LogP contribution in [0.25, 0.3) is 10.8 Å². The molecular weight excluding hydrogens is 490 g/mol. The first-order valence-corrected chi connectivity index (χ1v) is 14.0. The quantitative estimate of drug-likeness (QED) is 0.409. The molecule has 1 aliphatic heterocycles. The Hall–Kier alpha value is -3.59. The lowest BCUT2D eigenvalue weighted by Gasteiger charge is -2.29. The number of nitrogens with zero attached hydrogens (tertiary/aromatic N) is 2. The summed E-state index contributed by atoms with van der Waals surface area (Å²) in [6.07, 6.45) is 1.22. The molecule has 1 heterocycles. The molecule has 0 aromatic heterocycles. The van der Waals surface area contributed by atoms with Gasteiger partial charge in [0.15, 0.2) is 0 Å². The zero-order chi connectivity index (χ0) is 26.6. The van der Waals surface area contributed by atoms with Crippen molar-refractivity contribution in [2.45, 2.75) is 50.6 Å². The number of carbonyl (C=O) groups excluding carboxylic acids is 2. The number of rotatable bonds is 11. The van der Waals surface area contributed by atoms with Crippen LogP contribution in [0.5, 0.6) is 5.75 Å². The Morgan fingerprint density at radius 1 is 1.08 bits per heavy atom. The molecule has 0 unspecified atom stereocenters. The summed E-state index contributed by atoms with van der Waals surface area (Å²) in [5.74, 6) is 0.234. The fraction of sp³-hybridized carbons (Fsp3) is 0.357. The summed E-state index contributed by atoms with van der Waals surface area (Å²) >= 11 is 0. The third-order valence-electron chi connectivity index (χ3n) is 6.64. The molecule has 1 aliphatic rings. The molecule has 0 radical (unpaired) electrons. The monoisotopic (exact) mass is 523 g/mol. The summed E-state index contributed by atoms with van der Waals surface area (Å²) < 4.78 is 33.2. The first-order valence-electron chi connectivity index (χ1n) is 12.5. The van der Waals surface area contributed by atoms with E-state index in [4.69, 9.17) is 4.74 Å². The highest BCUT2D eigenvalue weighted by atomic mass is 32.2. The second kappa shape index (κ2) is 11.2. The van der Waals surface area contributed by atoms with E-state index in [0.29, 0.717) is 29.3 Å². The maximum Gasteiger partial charge on any atom is 0.265 e. The second-order valence-corrected chi connectivity index (χ2v) is 11.0. The Balaban J connectivity index is 1.49. The molecule has 196 valence electrons. The lowest BCUT2D eigenvalue weighted by atomic mass is 10.1. The Morgan fingerprint density at radius 2 is 1.81 bits per heavy atom. The summed E-state index contributed by atoms with van der Waals surface area (Å²) in [5.41, 5.74) is 1.48. The summed E-state index contributed by atoms with van der Waals surface area (Å²) in [7, 11) is -2.11. The van der Waals surface area contributed by atoms with E-state index in [1.54, 1.807) is 37.1 Å². The molecule has 0 fully saturated rings. The van der Waals surface area contributed by atoms with Gasteiger partial charge in [0.1, 0.15) is 11.8 Å². The summed E-state index contributed by atoms with van der Waals surface area (Å²) in [6.45, 7) is 4.62. The van der Waals surface area contributed by atoms with Gasteiger partial charge in [0.2, 0.25) is 11.8 Å². The van der Waals surface area contributed by atoms with Crippen molar-refractivity contribution in [1.29, 1.82) is 0 Å². The Kier molecular flexibility index (Phi) is 8.02. The normalized spacial score (nSPS) is 14.4. The summed E-state index contributed by atoms with van der Waals surface area (Å²) in [6, 6.07) is 17.5. The highest BCUT2D eigenvalue weighted by Gasteiger charge is 2.35. The van der Waals surface area contributed by atoms with Crippen LogP contribution in [0.2, 0.25) is 0 Å². The van der Waals surface area contributed by atoms with Crippen molar-refractivity contribution < 1.29 is 22.7 Å². The lowest BCUT2D eigenvalue weighted by Crippen LogP contribution is -2.47. The van der Waals surface area contributed by atoms with E-state index in [1.165, 1.54) is 4.31 Å². The number of benzene rings is 3. The average Bonchev–Trinajstić information content (AvgIpc) is 3.13. The van der Waals surface area contributed by atoms with E-state index in [9.17, 15) is 18.0 Å². The first-order chi connectivity index (χ1) is 17.8. The van der Waals surface area contributed by atoms with Gasteiger partial charge in [-0.15, -0.1) is 0 Å². The van der Waals surface area contributed by atoms with Crippen LogP contribution in [0.4, 0.5) is 5.69 Å². The number of anilines is 1. The van der Waals surface area contributed by atoms with Crippen LogP contribution in [0.15, 0.2) is 65.6 Å². The molecule has 3 aromatic carbocycles. The van der Waals surface area contributed by atoms with Gasteiger partial charge in [0.25, 0.3) is 10.0 Å². The fourth-order valence-corrected chi connectivity index (χ4v) is 6.41. The Bertz CT molecular complexity index is 1400. The van der Waals surface area contributed by atoms with Gasteiger partial charge in [0.05, 0.1) is 17.7 Å². The van der Waals surface area contributed by atoms with Gasteiger partial charge in [-0.3, -0.25) is 13.9 Å². The highest BCUT2D eigenvalue weighted by molar-refractivity contribution is 7.93. The standard InChI is InChI=1S/C28H33N3O5S/c1-4-16-29-28(33)20(2)30(19-21-9-5-12-23(18-21)36-3)26(32)15-8-17-31-24-13-6-10-22-11-7-14-25(27(22)24)37(31,34)35/h5-7,9-14,18,20H,4,8,15-17,19H2,1-3H3,(H,29,33)/t20-/m1/s1. The van der Waals surface area contributed by atoms with Crippen molar-refractivity contribution in [3.05, 3.63) is 66.2 Å². The molecule has 0 bridgehead atoms. The Labute approximate surface area is 218 Å². The van der Waals surface area contributed by atoms with Gasteiger partial charge in [-0.05, 0) is 55.0 Å². The third-order valence-corrected chi connectivity index (χ3v) is 8.49. The molecule has 2 amide bonds. The van der Waals surface area contributed by atoms with E-state index >= 15 is 0 Å². The SMILES string of the molecule is CCCNC(=O)[C@@H](C)N(Cc1cccc(OC)c1)C(=O)CCCN1c2cccc3cccc(c23)S1(=O)=O. The van der Waals surface area contributed by atoms with Crippen molar-refractivity contribution in [2.75, 3.05) is 24.5 Å². The number of hydrogen-bond acceptors (Lipinski definition) is 5. The van der Waals surface area contributed by atoms with E-state index in [2.05, 4.69) is 5.32 Å².